The minimum absolute atomic E-state index is 0.315. The zero-order valence-corrected chi connectivity index (χ0v) is 27.3. The molecule has 8 heteroatoms. The maximum Gasteiger partial charge on any atom is 0.341 e. The molecule has 0 heterocycles. The molecule has 1 aliphatic rings. The molecule has 0 saturated carbocycles. The second-order valence-electron chi connectivity index (χ2n) is 11.2. The predicted octanol–water partition coefficient (Wildman–Crippen LogP) is 7.96. The van der Waals surface area contributed by atoms with Crippen LogP contribution in [0.15, 0.2) is 95.9 Å². The summed E-state index contributed by atoms with van der Waals surface area (Å²) in [6.07, 6.45) is 8.75. The Morgan fingerprint density at radius 3 is 2.15 bits per heavy atom. The van der Waals surface area contributed by atoms with Crippen LogP contribution in [0.2, 0.25) is 0 Å². The lowest BCUT2D eigenvalue weighted by Crippen LogP contribution is -2.26. The number of carboxylic acid groups (broad SMARTS) is 2. The summed E-state index contributed by atoms with van der Waals surface area (Å²) in [6, 6.07) is 26.5. The van der Waals surface area contributed by atoms with Gasteiger partial charge in [-0.25, -0.2) is 9.59 Å². The minimum atomic E-state index is -0.988. The Bertz CT molecular complexity index is 1780. The van der Waals surface area contributed by atoms with Gasteiger partial charge < -0.3 is 24.4 Å². The molecule has 0 aromatic heterocycles. The number of hydrogen-bond acceptors (Lipinski definition) is 6. The van der Waals surface area contributed by atoms with E-state index < -0.39 is 18.0 Å². The number of ether oxygens (including phenoxy) is 3. The monoisotopic (exact) mass is 650 g/mol. The Morgan fingerprint density at radius 1 is 0.851 bits per heavy atom. The molecule has 0 bridgehead atoms. The van der Waals surface area contributed by atoms with Crippen LogP contribution in [0, 0.1) is 6.92 Å². The van der Waals surface area contributed by atoms with E-state index in [1.807, 2.05) is 55.5 Å². The van der Waals surface area contributed by atoms with E-state index in [9.17, 15) is 14.7 Å². The highest BCUT2D eigenvalue weighted by Crippen LogP contribution is 2.38. The number of aryl methyl sites for hydroxylation is 1. The summed E-state index contributed by atoms with van der Waals surface area (Å²) in [5.74, 6) is 0.191. The van der Waals surface area contributed by atoms with E-state index in [-0.39, 0.29) is 6.61 Å². The number of rotatable bonds is 16. The topological polar surface area (TPSA) is 102 Å². The molecule has 0 saturated heterocycles. The van der Waals surface area contributed by atoms with Crippen molar-refractivity contribution in [2.24, 2.45) is 0 Å². The first-order valence-electron chi connectivity index (χ1n) is 15.5. The lowest BCUT2D eigenvalue weighted by molar-refractivity contribution is -0.150. The van der Waals surface area contributed by atoms with Gasteiger partial charge in [-0.1, -0.05) is 66.8 Å². The van der Waals surface area contributed by atoms with Crippen LogP contribution in [-0.2, 0) is 27.2 Å². The van der Waals surface area contributed by atoms with E-state index in [0.29, 0.717) is 25.4 Å². The Balaban J connectivity index is 1.10. The molecule has 5 rings (SSSR count). The Morgan fingerprint density at radius 2 is 1.53 bits per heavy atom. The first-order valence-corrected chi connectivity index (χ1v) is 16.5. The molecule has 0 fully saturated rings. The molecule has 0 spiro atoms. The molecule has 0 amide bonds. The van der Waals surface area contributed by atoms with Gasteiger partial charge in [0.1, 0.15) is 18.1 Å². The number of thioether (sulfide) groups is 1. The van der Waals surface area contributed by atoms with Gasteiger partial charge in [0.25, 0.3) is 0 Å². The predicted molar refractivity (Wildman–Crippen MR) is 186 cm³/mol. The van der Waals surface area contributed by atoms with Crippen LogP contribution in [0.4, 0.5) is 0 Å². The van der Waals surface area contributed by atoms with Crippen LogP contribution in [0.25, 0.3) is 23.3 Å². The summed E-state index contributed by atoms with van der Waals surface area (Å²) in [5, 5.41) is 18.1. The second kappa shape index (κ2) is 16.2. The minimum Gasteiger partial charge on any atom is -0.490 e. The largest absolute Gasteiger partial charge is 0.490 e. The van der Waals surface area contributed by atoms with Crippen LogP contribution < -0.4 is 9.47 Å². The molecular formula is C39H38O7S. The fourth-order valence-electron chi connectivity index (χ4n) is 5.48. The van der Waals surface area contributed by atoms with Crippen molar-refractivity contribution in [1.82, 2.24) is 0 Å². The van der Waals surface area contributed by atoms with E-state index in [2.05, 4.69) is 54.6 Å². The molecule has 47 heavy (non-hydrogen) atoms. The summed E-state index contributed by atoms with van der Waals surface area (Å²) < 4.78 is 16.5. The van der Waals surface area contributed by atoms with Crippen LogP contribution >= 0.6 is 11.8 Å². The quantitative estimate of drug-likeness (QED) is 0.104. The smallest absolute Gasteiger partial charge is 0.341 e. The maximum atomic E-state index is 11.3. The highest BCUT2D eigenvalue weighted by molar-refractivity contribution is 7.99. The summed E-state index contributed by atoms with van der Waals surface area (Å²) in [5.41, 5.74) is 9.30. The van der Waals surface area contributed by atoms with E-state index >= 15 is 0 Å². The Kier molecular flexibility index (Phi) is 11.5. The number of fused-ring (bicyclic) bond motifs is 3. The molecule has 0 radical (unpaired) electrons. The number of carbonyl (C=O) groups is 2. The van der Waals surface area contributed by atoms with Crippen molar-refractivity contribution in [3.63, 3.8) is 0 Å². The summed E-state index contributed by atoms with van der Waals surface area (Å²) in [6.45, 7) is 4.15. The summed E-state index contributed by atoms with van der Waals surface area (Å²) >= 11 is 1.72. The highest BCUT2D eigenvalue weighted by Gasteiger charge is 2.19. The van der Waals surface area contributed by atoms with Gasteiger partial charge in [-0.3, -0.25) is 0 Å². The van der Waals surface area contributed by atoms with Gasteiger partial charge in [0.15, 0.2) is 12.7 Å². The van der Waals surface area contributed by atoms with Gasteiger partial charge in [0.05, 0.1) is 0 Å². The van der Waals surface area contributed by atoms with Crippen molar-refractivity contribution < 1.29 is 34.0 Å². The van der Waals surface area contributed by atoms with Crippen molar-refractivity contribution in [3.05, 3.63) is 124 Å². The molecule has 1 aliphatic carbocycles. The molecule has 4 aromatic carbocycles. The first kappa shape index (κ1) is 33.6. The third-order valence-electron chi connectivity index (χ3n) is 7.73. The highest BCUT2D eigenvalue weighted by atomic mass is 32.2. The summed E-state index contributed by atoms with van der Waals surface area (Å²) in [4.78, 5) is 23.2. The average molecular weight is 651 g/mol. The zero-order chi connectivity index (χ0) is 33.2. The normalized spacial score (nSPS) is 12.6. The fourth-order valence-corrected chi connectivity index (χ4v) is 6.29. The van der Waals surface area contributed by atoms with Gasteiger partial charge in [0.2, 0.25) is 0 Å². The fraction of sp³-hybridized carbons (Fsp3) is 0.231. The Labute approximate surface area is 279 Å². The van der Waals surface area contributed by atoms with Crippen LogP contribution in [0.1, 0.15) is 40.3 Å². The first-order chi connectivity index (χ1) is 22.8. The van der Waals surface area contributed by atoms with Crippen LogP contribution in [0.5, 0.6) is 11.5 Å². The SMILES string of the molecule is CCOC(Cc1ccc(OCC=Cc2ccc3c(c2)Cc2cc(C=CCSc4ccc(OCC(=O)O)c(C)c4)ccc2-3)cc1)C(=O)O. The number of hydrogen-bond donors (Lipinski definition) is 2. The van der Waals surface area contributed by atoms with Gasteiger partial charge in [-0.05, 0) is 101 Å². The maximum absolute atomic E-state index is 11.3. The third-order valence-corrected chi connectivity index (χ3v) is 8.67. The molecule has 242 valence electrons. The number of benzene rings is 4. The molecule has 2 N–H and O–H groups in total. The van der Waals surface area contributed by atoms with E-state index in [1.165, 1.54) is 27.8 Å². The van der Waals surface area contributed by atoms with Gasteiger partial charge in [-0.2, -0.15) is 0 Å². The average Bonchev–Trinajstić information content (AvgIpc) is 3.42. The zero-order valence-electron chi connectivity index (χ0n) is 26.5. The molecule has 4 aromatic rings. The van der Waals surface area contributed by atoms with Gasteiger partial charge in [-0.15, -0.1) is 11.8 Å². The van der Waals surface area contributed by atoms with Crippen molar-refractivity contribution in [2.75, 3.05) is 25.6 Å². The van der Waals surface area contributed by atoms with Gasteiger partial charge in [0, 0.05) is 23.7 Å². The van der Waals surface area contributed by atoms with E-state index in [1.54, 1.807) is 18.7 Å². The third kappa shape index (κ3) is 9.37. The second-order valence-corrected chi connectivity index (χ2v) is 12.3. The van der Waals surface area contributed by atoms with Crippen LogP contribution in [0.3, 0.4) is 0 Å². The lowest BCUT2D eigenvalue weighted by Gasteiger charge is -2.12. The number of aliphatic carboxylic acids is 2. The standard InChI is InChI=1S/C39H38O7S/c1-3-44-37(39(42)43)23-29-8-12-32(13-9-29)45-18-4-6-27-10-15-34-30(21-27)24-31-22-28(11-16-35(31)34)7-5-19-47-33-14-17-36(26(2)20-33)46-25-38(40)41/h4-17,20-22,37H,3,18-19,23-25H2,1-2H3,(H,40,41)(H,42,43). The number of carboxylic acids is 2. The molecular weight excluding hydrogens is 612 g/mol. The van der Waals surface area contributed by atoms with Crippen molar-refractivity contribution in [2.45, 2.75) is 37.7 Å². The van der Waals surface area contributed by atoms with E-state index in [0.717, 1.165) is 39.5 Å². The van der Waals surface area contributed by atoms with Crippen molar-refractivity contribution in [3.8, 4) is 22.6 Å². The van der Waals surface area contributed by atoms with E-state index in [4.69, 9.17) is 19.3 Å². The lowest BCUT2D eigenvalue weighted by atomic mass is 10.0. The van der Waals surface area contributed by atoms with Crippen molar-refractivity contribution >= 4 is 35.9 Å². The molecule has 7 nitrogen and oxygen atoms in total. The summed E-state index contributed by atoms with van der Waals surface area (Å²) in [7, 11) is 0. The molecule has 1 atom stereocenters. The molecule has 0 aliphatic heterocycles. The molecule has 1 unspecified atom stereocenters. The van der Waals surface area contributed by atoms with Crippen molar-refractivity contribution in [1.29, 1.82) is 0 Å². The van der Waals surface area contributed by atoms with Gasteiger partial charge >= 0.3 is 11.9 Å². The Hall–Kier alpha value is -4.79. The van der Waals surface area contributed by atoms with Crippen LogP contribution in [-0.4, -0.2) is 53.8 Å².